The number of para-hydroxylation sites is 1. The van der Waals surface area contributed by atoms with Crippen molar-refractivity contribution in [1.29, 1.82) is 0 Å². The number of aryl methyl sites for hydroxylation is 2. The first-order valence-electron chi connectivity index (χ1n) is 5.90. The minimum absolute atomic E-state index is 0.246. The molecule has 2 heteroatoms. The molecule has 2 aliphatic rings. The zero-order valence-corrected chi connectivity index (χ0v) is 9.24. The minimum Gasteiger partial charge on any atom is -0.353 e. The molecule has 1 saturated heterocycles. The number of anilines is 1. The highest BCUT2D eigenvalue weighted by atomic mass is 15.3. The molecule has 2 unspecified atom stereocenters. The van der Waals surface area contributed by atoms with E-state index in [1.165, 1.54) is 36.1 Å². The number of benzene rings is 1. The summed E-state index contributed by atoms with van der Waals surface area (Å²) in [7, 11) is 0. The molecule has 2 N–H and O–H groups in total. The third kappa shape index (κ3) is 1.28. The third-order valence-corrected chi connectivity index (χ3v) is 3.87. The van der Waals surface area contributed by atoms with Crippen molar-refractivity contribution in [3.8, 4) is 0 Å². The van der Waals surface area contributed by atoms with Gasteiger partial charge in [-0.1, -0.05) is 18.2 Å². The summed E-state index contributed by atoms with van der Waals surface area (Å²) < 4.78 is 0. The second-order valence-corrected chi connectivity index (χ2v) is 4.83. The van der Waals surface area contributed by atoms with Gasteiger partial charge in [0.1, 0.15) is 0 Å². The standard InChI is InChI=1S/C13H18N2/c1-9-3-2-4-10-5-6-11-7-8-12(14)15(11)13(9)10/h2-4,11-12H,5-8,14H2,1H3. The van der Waals surface area contributed by atoms with Gasteiger partial charge in [-0.15, -0.1) is 0 Å². The Morgan fingerprint density at radius 1 is 1.27 bits per heavy atom. The maximum atomic E-state index is 6.20. The highest BCUT2D eigenvalue weighted by Gasteiger charge is 2.35. The Bertz CT molecular complexity index is 386. The predicted octanol–water partition coefficient (Wildman–Crippen LogP) is 2.19. The van der Waals surface area contributed by atoms with Crippen LogP contribution in [0.2, 0.25) is 0 Å². The number of nitrogens with two attached hydrogens (primary N) is 1. The molecule has 1 fully saturated rings. The molecule has 0 spiro atoms. The van der Waals surface area contributed by atoms with Crippen molar-refractivity contribution in [3.63, 3.8) is 0 Å². The predicted molar refractivity (Wildman–Crippen MR) is 63.0 cm³/mol. The molecule has 0 aliphatic carbocycles. The molecule has 2 atom stereocenters. The van der Waals surface area contributed by atoms with Crippen LogP contribution in [0.15, 0.2) is 18.2 Å². The lowest BCUT2D eigenvalue weighted by atomic mass is 9.94. The average Bonchev–Trinajstić information content (AvgIpc) is 2.61. The van der Waals surface area contributed by atoms with E-state index in [0.29, 0.717) is 6.04 Å². The first-order chi connectivity index (χ1) is 7.27. The van der Waals surface area contributed by atoms with Crippen molar-refractivity contribution in [1.82, 2.24) is 0 Å². The molecule has 1 aromatic rings. The van der Waals surface area contributed by atoms with E-state index in [1.54, 1.807) is 0 Å². The summed E-state index contributed by atoms with van der Waals surface area (Å²) in [6.07, 6.45) is 5.18. The number of hydrogen-bond donors (Lipinski definition) is 1. The van der Waals surface area contributed by atoms with Crippen LogP contribution in [0.1, 0.15) is 30.4 Å². The molecule has 0 aromatic heterocycles. The first kappa shape index (κ1) is 9.22. The lowest BCUT2D eigenvalue weighted by Gasteiger charge is -2.37. The van der Waals surface area contributed by atoms with E-state index < -0.39 is 0 Å². The van der Waals surface area contributed by atoms with E-state index >= 15 is 0 Å². The van der Waals surface area contributed by atoms with Crippen LogP contribution in [0.4, 0.5) is 5.69 Å². The Kier molecular flexibility index (Phi) is 1.99. The average molecular weight is 202 g/mol. The SMILES string of the molecule is Cc1cccc2c1N1C(N)CCC1CC2. The second kappa shape index (κ2) is 3.24. The fourth-order valence-corrected chi connectivity index (χ4v) is 3.16. The van der Waals surface area contributed by atoms with Crippen LogP contribution in [0.5, 0.6) is 0 Å². The van der Waals surface area contributed by atoms with Crippen LogP contribution >= 0.6 is 0 Å². The third-order valence-electron chi connectivity index (χ3n) is 3.87. The van der Waals surface area contributed by atoms with Gasteiger partial charge in [0.15, 0.2) is 0 Å². The Labute approximate surface area is 91.1 Å². The van der Waals surface area contributed by atoms with Crippen LogP contribution in [-0.4, -0.2) is 12.2 Å². The molecule has 0 amide bonds. The van der Waals surface area contributed by atoms with Crippen LogP contribution in [-0.2, 0) is 6.42 Å². The van der Waals surface area contributed by atoms with E-state index in [0.717, 1.165) is 6.42 Å². The maximum absolute atomic E-state index is 6.20. The zero-order chi connectivity index (χ0) is 10.4. The molecule has 2 nitrogen and oxygen atoms in total. The van der Waals surface area contributed by atoms with Gasteiger partial charge in [0.05, 0.1) is 6.17 Å². The lowest BCUT2D eigenvalue weighted by Crippen LogP contribution is -2.44. The van der Waals surface area contributed by atoms with Crippen LogP contribution < -0.4 is 10.6 Å². The largest absolute Gasteiger partial charge is 0.353 e. The lowest BCUT2D eigenvalue weighted by molar-refractivity contribution is 0.564. The molecule has 1 aromatic carbocycles. The smallest absolute Gasteiger partial charge is 0.0774 e. The summed E-state index contributed by atoms with van der Waals surface area (Å²) in [5.41, 5.74) is 10.5. The number of fused-ring (bicyclic) bond motifs is 3. The molecule has 2 aliphatic heterocycles. The fraction of sp³-hybridized carbons (Fsp3) is 0.538. The molecular formula is C13H18N2. The van der Waals surface area contributed by atoms with Gasteiger partial charge in [0, 0.05) is 11.7 Å². The molecule has 15 heavy (non-hydrogen) atoms. The quantitative estimate of drug-likeness (QED) is 0.698. The van der Waals surface area contributed by atoms with Gasteiger partial charge in [-0.05, 0) is 43.7 Å². The van der Waals surface area contributed by atoms with E-state index in [2.05, 4.69) is 30.0 Å². The minimum atomic E-state index is 0.246. The topological polar surface area (TPSA) is 29.3 Å². The molecule has 0 bridgehead atoms. The Hall–Kier alpha value is -1.02. The van der Waals surface area contributed by atoms with Crippen LogP contribution in [0.3, 0.4) is 0 Å². The van der Waals surface area contributed by atoms with Gasteiger partial charge < -0.3 is 10.6 Å². The number of nitrogens with zero attached hydrogens (tertiary/aromatic N) is 1. The molecule has 3 rings (SSSR count). The normalized spacial score (nSPS) is 28.8. The molecule has 80 valence electrons. The van der Waals surface area contributed by atoms with Gasteiger partial charge in [-0.25, -0.2) is 0 Å². The maximum Gasteiger partial charge on any atom is 0.0774 e. The fourth-order valence-electron chi connectivity index (χ4n) is 3.16. The van der Waals surface area contributed by atoms with Crippen molar-refractivity contribution in [2.45, 2.75) is 44.8 Å². The Balaban J connectivity index is 2.12. The first-order valence-corrected chi connectivity index (χ1v) is 5.90. The summed E-state index contributed by atoms with van der Waals surface area (Å²) in [6.45, 7) is 2.20. The number of hydrogen-bond acceptors (Lipinski definition) is 2. The molecular weight excluding hydrogens is 184 g/mol. The molecule has 0 radical (unpaired) electrons. The van der Waals surface area contributed by atoms with E-state index in [9.17, 15) is 0 Å². The summed E-state index contributed by atoms with van der Waals surface area (Å²) in [4.78, 5) is 2.47. The van der Waals surface area contributed by atoms with Crippen molar-refractivity contribution in [3.05, 3.63) is 29.3 Å². The number of rotatable bonds is 0. The Morgan fingerprint density at radius 3 is 3.00 bits per heavy atom. The molecule has 2 heterocycles. The van der Waals surface area contributed by atoms with Gasteiger partial charge in [0.2, 0.25) is 0 Å². The van der Waals surface area contributed by atoms with Gasteiger partial charge in [0.25, 0.3) is 0 Å². The van der Waals surface area contributed by atoms with Crippen LogP contribution in [0, 0.1) is 6.92 Å². The van der Waals surface area contributed by atoms with Crippen molar-refractivity contribution < 1.29 is 0 Å². The summed E-state index contributed by atoms with van der Waals surface area (Å²) in [5.74, 6) is 0. The summed E-state index contributed by atoms with van der Waals surface area (Å²) >= 11 is 0. The van der Waals surface area contributed by atoms with E-state index in [1.807, 2.05) is 0 Å². The highest BCUT2D eigenvalue weighted by Crippen LogP contribution is 2.39. The summed E-state index contributed by atoms with van der Waals surface area (Å²) in [6, 6.07) is 7.32. The van der Waals surface area contributed by atoms with Gasteiger partial charge in [-0.2, -0.15) is 0 Å². The summed E-state index contributed by atoms with van der Waals surface area (Å²) in [5, 5.41) is 0. The zero-order valence-electron chi connectivity index (χ0n) is 9.24. The monoisotopic (exact) mass is 202 g/mol. The van der Waals surface area contributed by atoms with E-state index in [4.69, 9.17) is 5.73 Å². The van der Waals surface area contributed by atoms with Crippen molar-refractivity contribution >= 4 is 5.69 Å². The van der Waals surface area contributed by atoms with Gasteiger partial charge >= 0.3 is 0 Å². The molecule has 0 saturated carbocycles. The van der Waals surface area contributed by atoms with E-state index in [-0.39, 0.29) is 6.17 Å². The van der Waals surface area contributed by atoms with Crippen molar-refractivity contribution in [2.75, 3.05) is 4.90 Å². The van der Waals surface area contributed by atoms with Crippen molar-refractivity contribution in [2.24, 2.45) is 5.73 Å². The van der Waals surface area contributed by atoms with Gasteiger partial charge in [-0.3, -0.25) is 0 Å². The highest BCUT2D eigenvalue weighted by molar-refractivity contribution is 5.63. The Morgan fingerprint density at radius 2 is 2.13 bits per heavy atom. The van der Waals surface area contributed by atoms with Crippen LogP contribution in [0.25, 0.3) is 0 Å². The second-order valence-electron chi connectivity index (χ2n) is 4.83.